The van der Waals surface area contributed by atoms with Crippen molar-refractivity contribution in [1.29, 1.82) is 0 Å². The highest BCUT2D eigenvalue weighted by Gasteiger charge is 2.28. The van der Waals surface area contributed by atoms with Gasteiger partial charge in [0, 0.05) is 30.7 Å². The summed E-state index contributed by atoms with van der Waals surface area (Å²) in [6.07, 6.45) is 1.90. The Balaban J connectivity index is 2.05. The predicted molar refractivity (Wildman–Crippen MR) is 74.1 cm³/mol. The van der Waals surface area contributed by atoms with Crippen LogP contribution >= 0.6 is 0 Å². The number of carbonyl (C=O) groups excluding carboxylic acids is 1. The maximum Gasteiger partial charge on any atom is 0.253 e. The normalized spacial score (nSPS) is 20.2. The molecule has 2 N–H and O–H groups in total. The van der Waals surface area contributed by atoms with Crippen LogP contribution < -0.4 is 10.6 Å². The molecule has 1 amide bonds. The van der Waals surface area contributed by atoms with E-state index in [1.165, 1.54) is 0 Å². The van der Waals surface area contributed by atoms with Crippen molar-refractivity contribution in [3.05, 3.63) is 30.5 Å². The minimum absolute atomic E-state index is 0.0129. The molecule has 1 unspecified atom stereocenters. The van der Waals surface area contributed by atoms with Gasteiger partial charge < -0.3 is 19.9 Å². The van der Waals surface area contributed by atoms with Crippen molar-refractivity contribution in [3.63, 3.8) is 0 Å². The van der Waals surface area contributed by atoms with Crippen LogP contribution in [0.5, 0.6) is 0 Å². The molecule has 2 aromatic rings. The number of hydrogen-bond acceptors (Lipinski definition) is 3. The summed E-state index contributed by atoms with van der Waals surface area (Å²) in [7, 11) is 1.98. The van der Waals surface area contributed by atoms with Crippen LogP contribution in [0.2, 0.25) is 0 Å². The van der Waals surface area contributed by atoms with Crippen molar-refractivity contribution < 1.29 is 9.53 Å². The van der Waals surface area contributed by atoms with E-state index in [9.17, 15) is 4.79 Å². The smallest absolute Gasteiger partial charge is 0.253 e. The summed E-state index contributed by atoms with van der Waals surface area (Å²) in [5, 5.41) is 1.08. The lowest BCUT2D eigenvalue weighted by Gasteiger charge is -2.31. The summed E-state index contributed by atoms with van der Waals surface area (Å²) < 4.78 is 7.42. The van der Waals surface area contributed by atoms with E-state index in [2.05, 4.69) is 0 Å². The number of rotatable bonds is 2. The number of benzene rings is 1. The molecule has 1 aromatic carbocycles. The Morgan fingerprint density at radius 3 is 3.00 bits per heavy atom. The minimum Gasteiger partial charge on any atom is -0.365 e. The first-order valence-corrected chi connectivity index (χ1v) is 6.37. The van der Waals surface area contributed by atoms with E-state index in [1.807, 2.05) is 42.1 Å². The van der Waals surface area contributed by atoms with Crippen molar-refractivity contribution in [2.45, 2.75) is 6.10 Å². The molecule has 100 valence electrons. The summed E-state index contributed by atoms with van der Waals surface area (Å²) in [4.78, 5) is 13.8. The van der Waals surface area contributed by atoms with Crippen LogP contribution in [0.25, 0.3) is 10.9 Å². The average Bonchev–Trinajstić information content (AvgIpc) is 2.77. The lowest BCUT2D eigenvalue weighted by Crippen LogP contribution is -2.49. The fourth-order valence-electron chi connectivity index (χ4n) is 2.54. The quantitative estimate of drug-likeness (QED) is 0.870. The molecule has 1 aliphatic rings. The van der Waals surface area contributed by atoms with Crippen LogP contribution in [0.15, 0.2) is 30.5 Å². The molecule has 0 aliphatic carbocycles. The van der Waals surface area contributed by atoms with E-state index in [0.717, 1.165) is 16.6 Å². The molecular formula is C14H17N3O2. The molecule has 0 radical (unpaired) electrons. The molecule has 19 heavy (non-hydrogen) atoms. The molecule has 5 nitrogen and oxygen atoms in total. The summed E-state index contributed by atoms with van der Waals surface area (Å²) in [5.41, 5.74) is 7.69. The Morgan fingerprint density at radius 2 is 2.21 bits per heavy atom. The number of ether oxygens (including phenoxy) is 1. The van der Waals surface area contributed by atoms with Crippen LogP contribution in [0.4, 0.5) is 5.69 Å². The molecule has 1 atom stereocenters. The number of aromatic nitrogens is 1. The molecule has 1 aliphatic heterocycles. The van der Waals surface area contributed by atoms with Gasteiger partial charge >= 0.3 is 0 Å². The fourth-order valence-corrected chi connectivity index (χ4v) is 2.54. The largest absolute Gasteiger partial charge is 0.365 e. The van der Waals surface area contributed by atoms with Crippen molar-refractivity contribution in [2.75, 3.05) is 24.6 Å². The molecule has 0 saturated carbocycles. The van der Waals surface area contributed by atoms with Crippen molar-refractivity contribution >= 4 is 22.5 Å². The van der Waals surface area contributed by atoms with E-state index in [1.54, 1.807) is 4.90 Å². The number of amides is 1. The number of carbonyl (C=O) groups is 1. The van der Waals surface area contributed by atoms with Crippen molar-refractivity contribution in [1.82, 2.24) is 4.57 Å². The third kappa shape index (κ3) is 2.01. The lowest BCUT2D eigenvalue weighted by molar-refractivity contribution is -0.128. The van der Waals surface area contributed by atoms with Gasteiger partial charge in [0.05, 0.1) is 18.3 Å². The second-order valence-corrected chi connectivity index (χ2v) is 4.82. The van der Waals surface area contributed by atoms with Crippen LogP contribution in [0, 0.1) is 0 Å². The monoisotopic (exact) mass is 259 g/mol. The maximum atomic E-state index is 12.1. The average molecular weight is 259 g/mol. The zero-order chi connectivity index (χ0) is 13.4. The molecule has 3 rings (SSSR count). The number of aryl methyl sites for hydroxylation is 1. The highest BCUT2D eigenvalue weighted by atomic mass is 16.5. The molecule has 0 spiro atoms. The lowest BCUT2D eigenvalue weighted by atomic mass is 10.2. The third-order valence-electron chi connectivity index (χ3n) is 3.56. The first-order chi connectivity index (χ1) is 9.20. The van der Waals surface area contributed by atoms with Gasteiger partial charge in [0.2, 0.25) is 0 Å². The van der Waals surface area contributed by atoms with E-state index < -0.39 is 0 Å². The topological polar surface area (TPSA) is 60.5 Å². The van der Waals surface area contributed by atoms with E-state index in [0.29, 0.717) is 13.1 Å². The summed E-state index contributed by atoms with van der Waals surface area (Å²) in [5.74, 6) is -0.0129. The van der Waals surface area contributed by atoms with Gasteiger partial charge in [0.15, 0.2) is 0 Å². The van der Waals surface area contributed by atoms with E-state index in [4.69, 9.17) is 10.5 Å². The van der Waals surface area contributed by atoms with Gasteiger partial charge in [-0.3, -0.25) is 4.79 Å². The number of nitrogens with zero attached hydrogens (tertiary/aromatic N) is 2. The molecule has 1 saturated heterocycles. The Kier molecular flexibility index (Phi) is 3.00. The van der Waals surface area contributed by atoms with Crippen LogP contribution in [0.1, 0.15) is 0 Å². The summed E-state index contributed by atoms with van der Waals surface area (Å²) >= 11 is 0. The van der Waals surface area contributed by atoms with Gasteiger partial charge in [-0.2, -0.15) is 0 Å². The Morgan fingerprint density at radius 1 is 1.42 bits per heavy atom. The Labute approximate surface area is 111 Å². The third-order valence-corrected chi connectivity index (χ3v) is 3.56. The van der Waals surface area contributed by atoms with Crippen molar-refractivity contribution in [3.8, 4) is 0 Å². The molecule has 1 aromatic heterocycles. The number of anilines is 1. The Hall–Kier alpha value is -1.85. The Bertz CT molecular complexity index is 620. The standard InChI is InChI=1S/C14H17N3O2/c1-16-8-13(11-4-2-3-5-12(11)16)17-7-10(6-15)19-9-14(17)18/h2-5,8,10H,6-7,9,15H2,1H3. The molecule has 1 fully saturated rings. The molecular weight excluding hydrogens is 242 g/mol. The van der Waals surface area contributed by atoms with Crippen LogP contribution in [0.3, 0.4) is 0 Å². The fraction of sp³-hybridized carbons (Fsp3) is 0.357. The number of fused-ring (bicyclic) bond motifs is 1. The number of nitrogens with two attached hydrogens (primary N) is 1. The van der Waals surface area contributed by atoms with Crippen LogP contribution in [-0.4, -0.2) is 36.3 Å². The highest BCUT2D eigenvalue weighted by Crippen LogP contribution is 2.29. The highest BCUT2D eigenvalue weighted by molar-refractivity contribution is 6.04. The second kappa shape index (κ2) is 4.68. The maximum absolute atomic E-state index is 12.1. The van der Waals surface area contributed by atoms with Gasteiger partial charge in [0.1, 0.15) is 6.61 Å². The number of para-hydroxylation sites is 1. The number of hydrogen-bond donors (Lipinski definition) is 1. The first kappa shape index (κ1) is 12.2. The molecule has 2 heterocycles. The summed E-state index contributed by atoms with van der Waals surface area (Å²) in [6, 6.07) is 8.06. The van der Waals surface area contributed by atoms with Crippen LogP contribution in [-0.2, 0) is 16.6 Å². The number of morpholine rings is 1. The van der Waals surface area contributed by atoms with E-state index >= 15 is 0 Å². The first-order valence-electron chi connectivity index (χ1n) is 6.37. The van der Waals surface area contributed by atoms with Gasteiger partial charge in [-0.1, -0.05) is 18.2 Å². The van der Waals surface area contributed by atoms with Crippen molar-refractivity contribution in [2.24, 2.45) is 12.8 Å². The second-order valence-electron chi connectivity index (χ2n) is 4.82. The zero-order valence-electron chi connectivity index (χ0n) is 10.9. The molecule has 5 heteroatoms. The van der Waals surface area contributed by atoms with Gasteiger partial charge in [-0.15, -0.1) is 0 Å². The van der Waals surface area contributed by atoms with E-state index in [-0.39, 0.29) is 18.6 Å². The van der Waals surface area contributed by atoms with Gasteiger partial charge in [-0.25, -0.2) is 0 Å². The SMILES string of the molecule is Cn1cc(N2CC(CN)OCC2=O)c2ccccc21. The van der Waals surface area contributed by atoms with Gasteiger partial charge in [0.25, 0.3) is 5.91 Å². The zero-order valence-corrected chi connectivity index (χ0v) is 10.9. The van der Waals surface area contributed by atoms with Gasteiger partial charge in [-0.05, 0) is 6.07 Å². The molecule has 0 bridgehead atoms. The minimum atomic E-state index is -0.0864. The summed E-state index contributed by atoms with van der Waals surface area (Å²) in [6.45, 7) is 1.04. The predicted octanol–water partition coefficient (Wildman–Crippen LogP) is 0.869.